The number of hydrogen-bond acceptors (Lipinski definition) is 6. The van der Waals surface area contributed by atoms with E-state index in [1.807, 2.05) is 0 Å². The van der Waals surface area contributed by atoms with Crippen LogP contribution in [-0.4, -0.2) is 37.2 Å². The smallest absolute Gasteiger partial charge is 0.306 e. The van der Waals surface area contributed by atoms with Crippen molar-refractivity contribution in [1.29, 1.82) is 0 Å². The number of hydrogen-bond donors (Lipinski definition) is 0. The second-order valence-corrected chi connectivity index (χ2v) is 17.5. The Balaban J connectivity index is 3.95. The zero-order valence-electron chi connectivity index (χ0n) is 38.6. The molecule has 0 radical (unpaired) electrons. The Morgan fingerprint density at radius 1 is 0.281 bits per heavy atom. The molecule has 0 aromatic rings. The van der Waals surface area contributed by atoms with Crippen LogP contribution in [0.15, 0.2) is 0 Å². The van der Waals surface area contributed by atoms with Crippen molar-refractivity contribution in [2.45, 2.75) is 297 Å². The molecule has 6 heteroatoms. The van der Waals surface area contributed by atoms with E-state index in [-0.39, 0.29) is 31.1 Å². The molecule has 0 heterocycles. The standard InChI is InChI=1S/C51H98O6/c1-4-7-10-13-15-17-19-20-21-22-23-24-25-26-27-28-29-30-31-32-34-35-38-41-44-50(53)56-47-48(46-55-49(52)43-40-37-12-9-6-3)57-51(54)45-42-39-36-33-18-16-14-11-8-5-2/h48H,4-47H2,1-3H3. The van der Waals surface area contributed by atoms with Gasteiger partial charge >= 0.3 is 17.9 Å². The fourth-order valence-electron chi connectivity index (χ4n) is 7.74. The molecule has 0 rings (SSSR count). The molecule has 0 saturated carbocycles. The summed E-state index contributed by atoms with van der Waals surface area (Å²) >= 11 is 0. The largest absolute Gasteiger partial charge is 0.462 e. The summed E-state index contributed by atoms with van der Waals surface area (Å²) in [6.45, 7) is 6.58. The van der Waals surface area contributed by atoms with Crippen LogP contribution in [0, 0.1) is 0 Å². The highest BCUT2D eigenvalue weighted by Crippen LogP contribution is 2.17. The molecule has 1 atom stereocenters. The molecule has 6 nitrogen and oxygen atoms in total. The van der Waals surface area contributed by atoms with E-state index in [4.69, 9.17) is 14.2 Å². The van der Waals surface area contributed by atoms with Crippen LogP contribution in [0.5, 0.6) is 0 Å². The molecule has 0 N–H and O–H groups in total. The van der Waals surface area contributed by atoms with Gasteiger partial charge in [-0.05, 0) is 19.3 Å². The van der Waals surface area contributed by atoms with Gasteiger partial charge in [-0.3, -0.25) is 14.4 Å². The molecule has 0 fully saturated rings. The maximum absolute atomic E-state index is 12.6. The first-order valence-corrected chi connectivity index (χ1v) is 25.5. The van der Waals surface area contributed by atoms with Crippen LogP contribution < -0.4 is 0 Å². The average Bonchev–Trinajstić information content (AvgIpc) is 3.21. The Kier molecular flexibility index (Phi) is 45.8. The molecule has 0 aromatic heterocycles. The van der Waals surface area contributed by atoms with Gasteiger partial charge in [0.05, 0.1) is 0 Å². The summed E-state index contributed by atoms with van der Waals surface area (Å²) in [6.07, 6.45) is 50.0. The van der Waals surface area contributed by atoms with Crippen molar-refractivity contribution in [3.8, 4) is 0 Å². The van der Waals surface area contributed by atoms with Gasteiger partial charge in [0.2, 0.25) is 0 Å². The molecular weight excluding hydrogens is 709 g/mol. The fourth-order valence-corrected chi connectivity index (χ4v) is 7.74. The molecule has 0 aliphatic carbocycles. The SMILES string of the molecule is CCCCCCCCCCCCCCCCCCCCCCCCCCC(=O)OCC(COC(=O)CCCCCCC)OC(=O)CCCCCCCCCCCC. The normalized spacial score (nSPS) is 11.8. The molecule has 0 amide bonds. The molecule has 0 aliphatic heterocycles. The van der Waals surface area contributed by atoms with E-state index in [9.17, 15) is 14.4 Å². The van der Waals surface area contributed by atoms with Crippen LogP contribution in [0.1, 0.15) is 290 Å². The van der Waals surface area contributed by atoms with E-state index in [1.54, 1.807) is 0 Å². The summed E-state index contributed by atoms with van der Waals surface area (Å²) in [5, 5.41) is 0. The summed E-state index contributed by atoms with van der Waals surface area (Å²) in [7, 11) is 0. The van der Waals surface area contributed by atoms with Gasteiger partial charge in [-0.1, -0.05) is 252 Å². The van der Waals surface area contributed by atoms with E-state index < -0.39 is 6.10 Å². The van der Waals surface area contributed by atoms with Gasteiger partial charge in [0, 0.05) is 19.3 Å². The van der Waals surface area contributed by atoms with Gasteiger partial charge < -0.3 is 14.2 Å². The highest BCUT2D eigenvalue weighted by atomic mass is 16.6. The Morgan fingerprint density at radius 3 is 0.702 bits per heavy atom. The lowest BCUT2D eigenvalue weighted by atomic mass is 10.0. The molecule has 0 spiro atoms. The predicted octanol–water partition coefficient (Wildman–Crippen LogP) is 16.4. The van der Waals surface area contributed by atoms with Crippen LogP contribution in [-0.2, 0) is 28.6 Å². The summed E-state index contributed by atoms with van der Waals surface area (Å²) < 4.78 is 16.6. The third-order valence-electron chi connectivity index (χ3n) is 11.6. The van der Waals surface area contributed by atoms with E-state index >= 15 is 0 Å². The van der Waals surface area contributed by atoms with Crippen LogP contribution in [0.25, 0.3) is 0 Å². The van der Waals surface area contributed by atoms with Crippen molar-refractivity contribution in [3.63, 3.8) is 0 Å². The molecule has 1 unspecified atom stereocenters. The lowest BCUT2D eigenvalue weighted by molar-refractivity contribution is -0.167. The van der Waals surface area contributed by atoms with Crippen molar-refractivity contribution >= 4 is 17.9 Å². The highest BCUT2D eigenvalue weighted by Gasteiger charge is 2.19. The molecule has 338 valence electrons. The van der Waals surface area contributed by atoms with Crippen molar-refractivity contribution in [2.75, 3.05) is 13.2 Å². The summed E-state index contributed by atoms with van der Waals surface area (Å²) in [4.78, 5) is 37.5. The van der Waals surface area contributed by atoms with E-state index in [1.165, 1.54) is 186 Å². The number of carbonyl (C=O) groups is 3. The van der Waals surface area contributed by atoms with Gasteiger partial charge in [-0.15, -0.1) is 0 Å². The minimum absolute atomic E-state index is 0.0637. The van der Waals surface area contributed by atoms with Crippen LogP contribution >= 0.6 is 0 Å². The Morgan fingerprint density at radius 2 is 0.474 bits per heavy atom. The van der Waals surface area contributed by atoms with Crippen LogP contribution in [0.2, 0.25) is 0 Å². The Bertz CT molecular complexity index is 844. The van der Waals surface area contributed by atoms with Gasteiger partial charge in [-0.25, -0.2) is 0 Å². The topological polar surface area (TPSA) is 78.9 Å². The first kappa shape index (κ1) is 55.4. The molecule has 57 heavy (non-hydrogen) atoms. The zero-order chi connectivity index (χ0) is 41.5. The van der Waals surface area contributed by atoms with Crippen molar-refractivity contribution in [3.05, 3.63) is 0 Å². The molecule has 0 aliphatic rings. The van der Waals surface area contributed by atoms with Gasteiger partial charge in [0.1, 0.15) is 13.2 Å². The maximum Gasteiger partial charge on any atom is 0.306 e. The lowest BCUT2D eigenvalue weighted by Gasteiger charge is -2.18. The van der Waals surface area contributed by atoms with Crippen molar-refractivity contribution in [1.82, 2.24) is 0 Å². The van der Waals surface area contributed by atoms with Gasteiger partial charge in [0.15, 0.2) is 6.10 Å². The fraction of sp³-hybridized carbons (Fsp3) is 0.941. The number of rotatable bonds is 47. The number of unbranched alkanes of at least 4 members (excludes halogenated alkanes) is 36. The Hall–Kier alpha value is -1.59. The highest BCUT2D eigenvalue weighted by molar-refractivity contribution is 5.71. The maximum atomic E-state index is 12.6. The summed E-state index contributed by atoms with van der Waals surface area (Å²) in [5.41, 5.74) is 0. The van der Waals surface area contributed by atoms with E-state index in [0.717, 1.165) is 64.2 Å². The van der Waals surface area contributed by atoms with Crippen molar-refractivity contribution in [2.24, 2.45) is 0 Å². The molecule has 0 bridgehead atoms. The van der Waals surface area contributed by atoms with Crippen LogP contribution in [0.4, 0.5) is 0 Å². The van der Waals surface area contributed by atoms with E-state index in [0.29, 0.717) is 19.3 Å². The first-order chi connectivity index (χ1) is 28.0. The van der Waals surface area contributed by atoms with E-state index in [2.05, 4.69) is 20.8 Å². The first-order valence-electron chi connectivity index (χ1n) is 25.5. The quantitative estimate of drug-likeness (QED) is 0.0346. The minimum Gasteiger partial charge on any atom is -0.462 e. The number of ether oxygens (including phenoxy) is 3. The zero-order valence-corrected chi connectivity index (χ0v) is 38.6. The molecular formula is C51H98O6. The lowest BCUT2D eigenvalue weighted by Crippen LogP contribution is -2.30. The molecule has 0 aromatic carbocycles. The predicted molar refractivity (Wildman–Crippen MR) is 243 cm³/mol. The Labute approximate surface area is 355 Å². The molecule has 0 saturated heterocycles. The van der Waals surface area contributed by atoms with Gasteiger partial charge in [0.25, 0.3) is 0 Å². The second-order valence-electron chi connectivity index (χ2n) is 17.5. The number of esters is 3. The average molecular weight is 807 g/mol. The minimum atomic E-state index is -0.757. The summed E-state index contributed by atoms with van der Waals surface area (Å²) in [5.74, 6) is -0.864. The monoisotopic (exact) mass is 807 g/mol. The van der Waals surface area contributed by atoms with Crippen LogP contribution in [0.3, 0.4) is 0 Å². The second kappa shape index (κ2) is 47.1. The summed E-state index contributed by atoms with van der Waals surface area (Å²) in [6, 6.07) is 0. The van der Waals surface area contributed by atoms with Gasteiger partial charge in [-0.2, -0.15) is 0 Å². The number of carbonyl (C=O) groups excluding carboxylic acids is 3. The third kappa shape index (κ3) is 45.3. The third-order valence-corrected chi connectivity index (χ3v) is 11.6. The van der Waals surface area contributed by atoms with Crippen molar-refractivity contribution < 1.29 is 28.6 Å².